The van der Waals surface area contributed by atoms with Crippen LogP contribution >= 0.6 is 0 Å². The largest absolute Gasteiger partial charge is 0.384 e. The van der Waals surface area contributed by atoms with E-state index < -0.39 is 11.5 Å². The summed E-state index contributed by atoms with van der Waals surface area (Å²) in [6, 6.07) is 6.93. The molecular formula is C14H16FNO. The molecule has 0 aromatic heterocycles. The summed E-state index contributed by atoms with van der Waals surface area (Å²) < 4.78 is 13.6. The van der Waals surface area contributed by atoms with Gasteiger partial charge in [-0.3, -0.25) is 0 Å². The Bertz CT molecular complexity index is 466. The molecule has 2 atom stereocenters. The van der Waals surface area contributed by atoms with E-state index in [-0.39, 0.29) is 5.82 Å². The van der Waals surface area contributed by atoms with Crippen LogP contribution in [0.25, 0.3) is 0 Å². The van der Waals surface area contributed by atoms with Crippen molar-refractivity contribution in [3.63, 3.8) is 0 Å². The number of fused-ring (bicyclic) bond motifs is 1. The molecule has 0 spiro atoms. The smallest absolute Gasteiger partial charge is 0.126 e. The number of nitriles is 1. The van der Waals surface area contributed by atoms with Crippen LogP contribution in [0.1, 0.15) is 37.3 Å². The summed E-state index contributed by atoms with van der Waals surface area (Å²) in [5, 5.41) is 19.8. The molecule has 1 aliphatic rings. The van der Waals surface area contributed by atoms with E-state index >= 15 is 0 Å². The first kappa shape index (κ1) is 12.1. The first-order chi connectivity index (χ1) is 8.13. The van der Waals surface area contributed by atoms with Crippen LogP contribution in [0.5, 0.6) is 0 Å². The number of benzene rings is 1. The molecule has 0 radical (unpaired) electrons. The van der Waals surface area contributed by atoms with Gasteiger partial charge in [-0.15, -0.1) is 0 Å². The molecule has 1 aromatic carbocycles. The highest BCUT2D eigenvalue weighted by Gasteiger charge is 2.44. The molecule has 0 saturated carbocycles. The van der Waals surface area contributed by atoms with Gasteiger partial charge < -0.3 is 5.11 Å². The fourth-order valence-electron chi connectivity index (χ4n) is 2.73. The van der Waals surface area contributed by atoms with Gasteiger partial charge >= 0.3 is 0 Å². The Hall–Kier alpha value is -1.40. The molecule has 90 valence electrons. The Kier molecular flexibility index (Phi) is 3.17. The minimum absolute atomic E-state index is 0.272. The van der Waals surface area contributed by atoms with Gasteiger partial charge in [0.2, 0.25) is 0 Å². The third-order valence-electron chi connectivity index (χ3n) is 3.65. The van der Waals surface area contributed by atoms with Crippen molar-refractivity contribution in [2.75, 3.05) is 0 Å². The average Bonchev–Trinajstić information content (AvgIpc) is 2.67. The summed E-state index contributed by atoms with van der Waals surface area (Å²) >= 11 is 0. The fraction of sp³-hybridized carbons (Fsp3) is 0.500. The summed E-state index contributed by atoms with van der Waals surface area (Å²) in [6.45, 7) is 1.98. The second kappa shape index (κ2) is 4.46. The molecule has 2 unspecified atom stereocenters. The van der Waals surface area contributed by atoms with E-state index in [1.54, 1.807) is 12.1 Å². The summed E-state index contributed by atoms with van der Waals surface area (Å²) in [6.07, 6.45) is 2.44. The number of nitrogens with zero attached hydrogens (tertiary/aromatic N) is 1. The fourth-order valence-corrected chi connectivity index (χ4v) is 2.73. The lowest BCUT2D eigenvalue weighted by molar-refractivity contribution is -0.00419. The van der Waals surface area contributed by atoms with E-state index in [1.807, 2.05) is 6.92 Å². The zero-order valence-corrected chi connectivity index (χ0v) is 9.91. The Morgan fingerprint density at radius 2 is 2.35 bits per heavy atom. The standard InChI is InChI=1S/C14H16FNO/c1-2-4-10(9-16)14(17)8-7-11-12(14)5-3-6-13(11)15/h3,5-6,10,17H,2,4,7-8H2,1H3. The Balaban J connectivity index is 2.44. The van der Waals surface area contributed by atoms with Crippen LogP contribution in [0.4, 0.5) is 4.39 Å². The first-order valence-electron chi connectivity index (χ1n) is 6.03. The minimum atomic E-state index is -1.16. The third kappa shape index (κ3) is 1.83. The van der Waals surface area contributed by atoms with E-state index in [0.717, 1.165) is 6.42 Å². The van der Waals surface area contributed by atoms with Gasteiger partial charge in [0.1, 0.15) is 11.4 Å². The zero-order valence-electron chi connectivity index (χ0n) is 9.91. The predicted octanol–water partition coefficient (Wildman–Crippen LogP) is 2.90. The van der Waals surface area contributed by atoms with Gasteiger partial charge in [0.05, 0.1) is 12.0 Å². The van der Waals surface area contributed by atoms with E-state index in [4.69, 9.17) is 0 Å². The average molecular weight is 233 g/mol. The second-order valence-electron chi connectivity index (χ2n) is 4.66. The van der Waals surface area contributed by atoms with Crippen LogP contribution in [-0.2, 0) is 12.0 Å². The van der Waals surface area contributed by atoms with Gasteiger partial charge in [0.15, 0.2) is 0 Å². The van der Waals surface area contributed by atoms with Gasteiger partial charge in [-0.05, 0) is 36.5 Å². The normalized spacial score (nSPS) is 24.1. The van der Waals surface area contributed by atoms with Crippen LogP contribution < -0.4 is 0 Å². The number of hydrogen-bond acceptors (Lipinski definition) is 2. The minimum Gasteiger partial charge on any atom is -0.384 e. The molecule has 0 aliphatic heterocycles. The Labute approximate surface area is 101 Å². The lowest BCUT2D eigenvalue weighted by Crippen LogP contribution is -2.32. The van der Waals surface area contributed by atoms with Crippen molar-refractivity contribution in [3.8, 4) is 6.07 Å². The quantitative estimate of drug-likeness (QED) is 0.872. The lowest BCUT2D eigenvalue weighted by Gasteiger charge is -2.28. The molecule has 0 fully saturated rings. The van der Waals surface area contributed by atoms with Crippen molar-refractivity contribution in [2.24, 2.45) is 5.92 Å². The van der Waals surface area contributed by atoms with Crippen LogP contribution in [-0.4, -0.2) is 5.11 Å². The van der Waals surface area contributed by atoms with Gasteiger partial charge in [0, 0.05) is 0 Å². The Morgan fingerprint density at radius 3 is 3.00 bits per heavy atom. The van der Waals surface area contributed by atoms with Crippen molar-refractivity contribution in [2.45, 2.75) is 38.2 Å². The lowest BCUT2D eigenvalue weighted by atomic mass is 9.81. The molecular weight excluding hydrogens is 217 g/mol. The van der Waals surface area contributed by atoms with Crippen LogP contribution in [0.3, 0.4) is 0 Å². The summed E-state index contributed by atoms with van der Waals surface area (Å²) in [5.74, 6) is -0.720. The highest BCUT2D eigenvalue weighted by atomic mass is 19.1. The number of aliphatic hydroxyl groups is 1. The molecule has 0 amide bonds. The SMILES string of the molecule is CCCC(C#N)C1(O)CCc2c(F)cccc21. The van der Waals surface area contributed by atoms with E-state index in [2.05, 4.69) is 6.07 Å². The van der Waals surface area contributed by atoms with Gasteiger partial charge in [-0.2, -0.15) is 5.26 Å². The maximum atomic E-state index is 13.6. The van der Waals surface area contributed by atoms with Crippen LogP contribution in [0, 0.1) is 23.1 Å². The number of halogens is 1. The summed E-state index contributed by atoms with van der Waals surface area (Å²) in [7, 11) is 0. The zero-order chi connectivity index (χ0) is 12.5. The summed E-state index contributed by atoms with van der Waals surface area (Å²) in [5.41, 5.74) is 0.0196. The van der Waals surface area contributed by atoms with Gasteiger partial charge in [0.25, 0.3) is 0 Å². The van der Waals surface area contributed by atoms with Crippen LogP contribution in [0.15, 0.2) is 18.2 Å². The highest BCUT2D eigenvalue weighted by Crippen LogP contribution is 2.44. The molecule has 0 bridgehead atoms. The summed E-state index contributed by atoms with van der Waals surface area (Å²) in [4.78, 5) is 0. The van der Waals surface area contributed by atoms with E-state index in [9.17, 15) is 14.8 Å². The molecule has 17 heavy (non-hydrogen) atoms. The molecule has 3 heteroatoms. The number of hydrogen-bond donors (Lipinski definition) is 1. The second-order valence-corrected chi connectivity index (χ2v) is 4.66. The highest BCUT2D eigenvalue weighted by molar-refractivity contribution is 5.39. The van der Waals surface area contributed by atoms with Gasteiger partial charge in [-0.1, -0.05) is 25.5 Å². The van der Waals surface area contributed by atoms with Crippen LogP contribution in [0.2, 0.25) is 0 Å². The maximum absolute atomic E-state index is 13.6. The van der Waals surface area contributed by atoms with Crippen molar-refractivity contribution in [3.05, 3.63) is 35.1 Å². The van der Waals surface area contributed by atoms with Crippen molar-refractivity contribution in [1.82, 2.24) is 0 Å². The van der Waals surface area contributed by atoms with Crippen molar-refractivity contribution >= 4 is 0 Å². The maximum Gasteiger partial charge on any atom is 0.126 e. The molecule has 1 aliphatic carbocycles. The number of rotatable bonds is 3. The molecule has 1 N–H and O–H groups in total. The predicted molar refractivity (Wildman–Crippen MR) is 62.6 cm³/mol. The molecule has 0 saturated heterocycles. The third-order valence-corrected chi connectivity index (χ3v) is 3.65. The van der Waals surface area contributed by atoms with Gasteiger partial charge in [-0.25, -0.2) is 4.39 Å². The Morgan fingerprint density at radius 1 is 1.59 bits per heavy atom. The molecule has 2 nitrogen and oxygen atoms in total. The molecule has 1 aromatic rings. The molecule has 2 rings (SSSR count). The topological polar surface area (TPSA) is 44.0 Å². The van der Waals surface area contributed by atoms with E-state index in [0.29, 0.717) is 30.4 Å². The first-order valence-corrected chi connectivity index (χ1v) is 6.03. The van der Waals surface area contributed by atoms with Crippen molar-refractivity contribution in [1.29, 1.82) is 5.26 Å². The molecule has 0 heterocycles. The monoisotopic (exact) mass is 233 g/mol. The van der Waals surface area contributed by atoms with Crippen molar-refractivity contribution < 1.29 is 9.50 Å². The van der Waals surface area contributed by atoms with E-state index in [1.165, 1.54) is 6.07 Å².